The maximum absolute atomic E-state index is 11.8. The Bertz CT molecular complexity index is 372. The second-order valence-electron chi connectivity index (χ2n) is 4.52. The van der Waals surface area contributed by atoms with Crippen molar-refractivity contribution >= 4 is 16.3 Å². The van der Waals surface area contributed by atoms with Gasteiger partial charge in [0.2, 0.25) is 0 Å². The Balaban J connectivity index is 2.61. The van der Waals surface area contributed by atoms with E-state index in [1.807, 2.05) is 11.6 Å². The third kappa shape index (κ3) is 3.83. The standard InChI is InChI=1S/C9H19N3O4S/c1-6(2)16-9(13)11-17(14,15)12-4-7(3)8(10)5-12/h6-8H,4-5,10H2,1-3H3,(H,11,13). The van der Waals surface area contributed by atoms with Gasteiger partial charge < -0.3 is 10.5 Å². The summed E-state index contributed by atoms with van der Waals surface area (Å²) in [6, 6.07) is -0.201. The molecule has 8 heteroatoms. The second kappa shape index (κ2) is 5.19. The molecule has 1 fully saturated rings. The minimum absolute atomic E-state index is 0.0766. The zero-order valence-corrected chi connectivity index (χ0v) is 11.0. The first kappa shape index (κ1) is 14.2. The molecule has 2 unspecified atom stereocenters. The van der Waals surface area contributed by atoms with Crippen LogP contribution in [0.25, 0.3) is 0 Å². The van der Waals surface area contributed by atoms with E-state index in [-0.39, 0.29) is 24.6 Å². The van der Waals surface area contributed by atoms with Crippen LogP contribution in [-0.2, 0) is 14.9 Å². The summed E-state index contributed by atoms with van der Waals surface area (Å²) in [5.41, 5.74) is 5.73. The largest absolute Gasteiger partial charge is 0.446 e. The third-order valence-electron chi connectivity index (χ3n) is 2.53. The van der Waals surface area contributed by atoms with Crippen molar-refractivity contribution in [3.8, 4) is 0 Å². The van der Waals surface area contributed by atoms with Crippen molar-refractivity contribution in [2.24, 2.45) is 11.7 Å². The normalized spacial score (nSPS) is 26.2. The zero-order chi connectivity index (χ0) is 13.2. The van der Waals surface area contributed by atoms with Crippen LogP contribution in [0.5, 0.6) is 0 Å². The molecule has 0 aromatic rings. The van der Waals surface area contributed by atoms with Gasteiger partial charge in [0.25, 0.3) is 0 Å². The van der Waals surface area contributed by atoms with E-state index in [0.717, 1.165) is 4.31 Å². The minimum atomic E-state index is -3.84. The molecule has 17 heavy (non-hydrogen) atoms. The highest BCUT2D eigenvalue weighted by Gasteiger charge is 2.35. The summed E-state index contributed by atoms with van der Waals surface area (Å²) in [4.78, 5) is 11.2. The number of hydrogen-bond donors (Lipinski definition) is 2. The lowest BCUT2D eigenvalue weighted by Gasteiger charge is -2.17. The van der Waals surface area contributed by atoms with Crippen LogP contribution < -0.4 is 10.5 Å². The van der Waals surface area contributed by atoms with E-state index >= 15 is 0 Å². The van der Waals surface area contributed by atoms with Crippen LogP contribution >= 0.6 is 0 Å². The predicted molar refractivity (Wildman–Crippen MR) is 62.4 cm³/mol. The van der Waals surface area contributed by atoms with Crippen molar-refractivity contribution in [3.63, 3.8) is 0 Å². The van der Waals surface area contributed by atoms with Gasteiger partial charge in [-0.3, -0.25) is 0 Å². The number of hydrogen-bond acceptors (Lipinski definition) is 5. The molecule has 100 valence electrons. The van der Waals surface area contributed by atoms with Crippen LogP contribution in [0, 0.1) is 5.92 Å². The van der Waals surface area contributed by atoms with Crippen molar-refractivity contribution < 1.29 is 17.9 Å². The monoisotopic (exact) mass is 265 g/mol. The topological polar surface area (TPSA) is 102 Å². The van der Waals surface area contributed by atoms with E-state index in [4.69, 9.17) is 10.5 Å². The van der Waals surface area contributed by atoms with Crippen LogP contribution in [0.1, 0.15) is 20.8 Å². The highest BCUT2D eigenvalue weighted by molar-refractivity contribution is 7.87. The lowest BCUT2D eigenvalue weighted by molar-refractivity contribution is 0.121. The number of carbonyl (C=O) groups excluding carboxylic acids is 1. The van der Waals surface area contributed by atoms with E-state index in [1.165, 1.54) is 0 Å². The van der Waals surface area contributed by atoms with Gasteiger partial charge in [-0.15, -0.1) is 0 Å². The molecule has 2 atom stereocenters. The summed E-state index contributed by atoms with van der Waals surface area (Å²) >= 11 is 0. The molecular weight excluding hydrogens is 246 g/mol. The summed E-state index contributed by atoms with van der Waals surface area (Å²) in [6.07, 6.45) is -1.34. The van der Waals surface area contributed by atoms with Gasteiger partial charge >= 0.3 is 16.3 Å². The highest BCUT2D eigenvalue weighted by atomic mass is 32.2. The van der Waals surface area contributed by atoms with Gasteiger partial charge in [0, 0.05) is 19.1 Å². The van der Waals surface area contributed by atoms with Crippen molar-refractivity contribution in [1.82, 2.24) is 9.03 Å². The molecule has 0 radical (unpaired) electrons. The number of nitrogens with two attached hydrogens (primary N) is 1. The SMILES string of the molecule is CC(C)OC(=O)NS(=O)(=O)N1CC(C)C(N)C1. The van der Waals surface area contributed by atoms with Gasteiger partial charge in [-0.1, -0.05) is 6.92 Å². The maximum Gasteiger partial charge on any atom is 0.422 e. The molecule has 0 spiro atoms. The second-order valence-corrected chi connectivity index (χ2v) is 6.19. The lowest BCUT2D eigenvalue weighted by atomic mass is 10.1. The fraction of sp³-hybridized carbons (Fsp3) is 0.889. The molecule has 0 aromatic heterocycles. The van der Waals surface area contributed by atoms with E-state index in [2.05, 4.69) is 0 Å². The van der Waals surface area contributed by atoms with Crippen molar-refractivity contribution in [1.29, 1.82) is 0 Å². The Morgan fingerprint density at radius 3 is 2.47 bits per heavy atom. The summed E-state index contributed by atoms with van der Waals surface area (Å²) in [5.74, 6) is 0.0766. The third-order valence-corrected chi connectivity index (χ3v) is 3.93. The van der Waals surface area contributed by atoms with Crippen molar-refractivity contribution in [2.75, 3.05) is 13.1 Å². The molecule has 0 saturated carbocycles. The average molecular weight is 265 g/mol. The molecule has 1 rings (SSSR count). The fourth-order valence-electron chi connectivity index (χ4n) is 1.55. The van der Waals surface area contributed by atoms with Gasteiger partial charge in [-0.05, 0) is 19.8 Å². The first-order valence-electron chi connectivity index (χ1n) is 5.46. The molecule has 1 saturated heterocycles. The minimum Gasteiger partial charge on any atom is -0.446 e. The zero-order valence-electron chi connectivity index (χ0n) is 10.2. The van der Waals surface area contributed by atoms with Gasteiger partial charge in [0.15, 0.2) is 0 Å². The van der Waals surface area contributed by atoms with Crippen LogP contribution in [0.3, 0.4) is 0 Å². The van der Waals surface area contributed by atoms with E-state index in [9.17, 15) is 13.2 Å². The Morgan fingerprint density at radius 2 is 2.06 bits per heavy atom. The van der Waals surface area contributed by atoms with Crippen molar-refractivity contribution in [3.05, 3.63) is 0 Å². The van der Waals surface area contributed by atoms with E-state index in [1.54, 1.807) is 13.8 Å². The first-order valence-corrected chi connectivity index (χ1v) is 6.90. The first-order chi connectivity index (χ1) is 7.72. The van der Waals surface area contributed by atoms with Crippen LogP contribution in [0.15, 0.2) is 0 Å². The van der Waals surface area contributed by atoms with Crippen molar-refractivity contribution in [2.45, 2.75) is 32.9 Å². The molecule has 0 aromatic carbocycles. The Labute approximate surface area is 101 Å². The number of amides is 1. The number of carbonyl (C=O) groups is 1. The number of nitrogens with one attached hydrogen (secondary N) is 1. The molecule has 1 amide bonds. The molecule has 1 heterocycles. The molecule has 0 aliphatic carbocycles. The maximum atomic E-state index is 11.8. The summed E-state index contributed by atoms with van der Waals surface area (Å²) in [7, 11) is -3.84. The van der Waals surface area contributed by atoms with Crippen LogP contribution in [0.2, 0.25) is 0 Å². The smallest absolute Gasteiger partial charge is 0.422 e. The van der Waals surface area contributed by atoms with Gasteiger partial charge in [-0.2, -0.15) is 12.7 Å². The fourth-order valence-corrected chi connectivity index (χ4v) is 2.74. The predicted octanol–water partition coefficient (Wildman–Crippen LogP) is -0.355. The van der Waals surface area contributed by atoms with Gasteiger partial charge in [-0.25, -0.2) is 9.52 Å². The van der Waals surface area contributed by atoms with E-state index < -0.39 is 16.3 Å². The number of ether oxygens (including phenoxy) is 1. The number of rotatable bonds is 3. The molecule has 1 aliphatic rings. The quantitative estimate of drug-likeness (QED) is 0.726. The van der Waals surface area contributed by atoms with Crippen LogP contribution in [-0.4, -0.2) is 44.1 Å². The van der Waals surface area contributed by atoms with Gasteiger partial charge in [0.05, 0.1) is 6.10 Å². The molecule has 3 N–H and O–H groups in total. The highest BCUT2D eigenvalue weighted by Crippen LogP contribution is 2.17. The molecule has 7 nitrogen and oxygen atoms in total. The van der Waals surface area contributed by atoms with Gasteiger partial charge in [0.1, 0.15) is 0 Å². The Hall–Kier alpha value is -0.860. The molecule has 0 bridgehead atoms. The summed E-state index contributed by atoms with van der Waals surface area (Å²) in [6.45, 7) is 5.67. The molecule has 1 aliphatic heterocycles. The summed E-state index contributed by atoms with van der Waals surface area (Å²) < 4.78 is 31.3. The Kier molecular flexibility index (Phi) is 4.34. The summed E-state index contributed by atoms with van der Waals surface area (Å²) in [5, 5.41) is 0. The average Bonchev–Trinajstić information content (AvgIpc) is 2.44. The van der Waals surface area contributed by atoms with E-state index in [0.29, 0.717) is 6.54 Å². The van der Waals surface area contributed by atoms with Crippen LogP contribution in [0.4, 0.5) is 4.79 Å². The lowest BCUT2D eigenvalue weighted by Crippen LogP contribution is -2.44. The Morgan fingerprint density at radius 1 is 1.47 bits per heavy atom. The number of nitrogens with zero attached hydrogens (tertiary/aromatic N) is 1. The molecular formula is C9H19N3O4S.